The number of urea groups is 1. The second-order valence-corrected chi connectivity index (χ2v) is 4.84. The van der Waals surface area contributed by atoms with Crippen molar-refractivity contribution >= 4 is 23.5 Å². The molecule has 0 bridgehead atoms. The van der Waals surface area contributed by atoms with Gasteiger partial charge in [0.05, 0.1) is 6.26 Å². The quantitative estimate of drug-likeness (QED) is 0.713. The summed E-state index contributed by atoms with van der Waals surface area (Å²) in [4.78, 5) is 23.2. The van der Waals surface area contributed by atoms with Gasteiger partial charge in [0.1, 0.15) is 0 Å². The Labute approximate surface area is 132 Å². The molecule has 3 N–H and O–H groups in total. The Balaban J connectivity index is 1.62. The van der Waals surface area contributed by atoms with Crippen LogP contribution in [-0.2, 0) is 6.54 Å². The van der Waals surface area contributed by atoms with Gasteiger partial charge in [0.15, 0.2) is 5.76 Å². The van der Waals surface area contributed by atoms with Crippen molar-refractivity contribution in [3.8, 4) is 0 Å². The number of amides is 3. The van der Waals surface area contributed by atoms with Gasteiger partial charge in [-0.3, -0.25) is 4.79 Å². The number of furan rings is 1. The molecule has 3 amide bonds. The maximum absolute atomic E-state index is 11.6. The van der Waals surface area contributed by atoms with Crippen LogP contribution in [0.25, 0.3) is 0 Å². The maximum Gasteiger partial charge on any atom is 0.315 e. The number of hydrogen-bond donors (Lipinski definition) is 3. The van der Waals surface area contributed by atoms with E-state index in [1.165, 1.54) is 6.26 Å². The molecule has 0 aliphatic heterocycles. The molecule has 116 valence electrons. The van der Waals surface area contributed by atoms with Gasteiger partial charge in [-0.15, -0.1) is 0 Å². The fraction of sp³-hybridized carbons (Fsp3) is 0.200. The van der Waals surface area contributed by atoms with E-state index >= 15 is 0 Å². The Morgan fingerprint density at radius 3 is 2.50 bits per heavy atom. The van der Waals surface area contributed by atoms with E-state index < -0.39 is 0 Å². The Morgan fingerprint density at radius 2 is 1.77 bits per heavy atom. The number of hydrogen-bond acceptors (Lipinski definition) is 3. The fourth-order valence-corrected chi connectivity index (χ4v) is 1.93. The Kier molecular flexibility index (Phi) is 5.85. The summed E-state index contributed by atoms with van der Waals surface area (Å²) >= 11 is 5.99. The van der Waals surface area contributed by atoms with Gasteiger partial charge in [0.2, 0.25) is 0 Å². The molecule has 0 aliphatic rings. The number of halogens is 1. The van der Waals surface area contributed by atoms with E-state index in [-0.39, 0.29) is 17.7 Å². The van der Waals surface area contributed by atoms with Crippen LogP contribution in [0.15, 0.2) is 47.1 Å². The van der Waals surface area contributed by atoms with Crippen molar-refractivity contribution < 1.29 is 14.0 Å². The van der Waals surface area contributed by atoms with E-state index in [2.05, 4.69) is 16.0 Å². The summed E-state index contributed by atoms with van der Waals surface area (Å²) in [6, 6.07) is 10.2. The van der Waals surface area contributed by atoms with Crippen molar-refractivity contribution in [2.24, 2.45) is 0 Å². The Morgan fingerprint density at radius 1 is 1.00 bits per heavy atom. The third-order valence-corrected chi connectivity index (χ3v) is 3.21. The SMILES string of the molecule is O=C(NCCNC(=O)c1ccco1)NCc1ccccc1Cl. The first-order valence-electron chi connectivity index (χ1n) is 6.73. The molecule has 0 saturated carbocycles. The van der Waals surface area contributed by atoms with E-state index in [9.17, 15) is 9.59 Å². The van der Waals surface area contributed by atoms with Gasteiger partial charge in [-0.2, -0.15) is 0 Å². The predicted molar refractivity (Wildman–Crippen MR) is 82.7 cm³/mol. The predicted octanol–water partition coefficient (Wildman–Crippen LogP) is 2.16. The maximum atomic E-state index is 11.6. The monoisotopic (exact) mass is 321 g/mol. The number of benzene rings is 1. The lowest BCUT2D eigenvalue weighted by Gasteiger charge is -2.09. The Hall–Kier alpha value is -2.47. The highest BCUT2D eigenvalue weighted by Crippen LogP contribution is 2.13. The first kappa shape index (κ1) is 15.9. The molecule has 2 aromatic rings. The normalized spacial score (nSPS) is 10.0. The van der Waals surface area contributed by atoms with Crippen molar-refractivity contribution in [2.75, 3.05) is 13.1 Å². The first-order chi connectivity index (χ1) is 10.7. The average Bonchev–Trinajstić information content (AvgIpc) is 3.05. The van der Waals surface area contributed by atoms with Crippen LogP contribution in [-0.4, -0.2) is 25.0 Å². The van der Waals surface area contributed by atoms with Gasteiger partial charge in [-0.25, -0.2) is 4.79 Å². The molecule has 2 rings (SSSR count). The molecule has 0 atom stereocenters. The highest BCUT2D eigenvalue weighted by molar-refractivity contribution is 6.31. The van der Waals surface area contributed by atoms with Crippen molar-refractivity contribution in [1.29, 1.82) is 0 Å². The summed E-state index contributed by atoms with van der Waals surface area (Å²) in [6.45, 7) is 0.949. The standard InChI is InChI=1S/C15H16ClN3O3/c16-12-5-2-1-4-11(12)10-19-15(21)18-8-7-17-14(20)13-6-3-9-22-13/h1-6,9H,7-8,10H2,(H,17,20)(H2,18,19,21). The zero-order valence-corrected chi connectivity index (χ0v) is 12.5. The molecular weight excluding hydrogens is 306 g/mol. The molecule has 0 spiro atoms. The number of nitrogens with one attached hydrogen (secondary N) is 3. The number of carbonyl (C=O) groups excluding carboxylic acids is 2. The van der Waals surface area contributed by atoms with E-state index in [1.807, 2.05) is 18.2 Å². The second kappa shape index (κ2) is 8.09. The topological polar surface area (TPSA) is 83.4 Å². The van der Waals surface area contributed by atoms with Crippen LogP contribution in [0.4, 0.5) is 4.79 Å². The number of rotatable bonds is 6. The minimum atomic E-state index is -0.327. The molecule has 22 heavy (non-hydrogen) atoms. The summed E-state index contributed by atoms with van der Waals surface area (Å²) in [7, 11) is 0. The van der Waals surface area contributed by atoms with Gasteiger partial charge in [0, 0.05) is 24.7 Å². The molecule has 0 unspecified atom stereocenters. The van der Waals surface area contributed by atoms with Crippen LogP contribution in [0.5, 0.6) is 0 Å². The van der Waals surface area contributed by atoms with Crippen molar-refractivity contribution in [3.05, 3.63) is 59.0 Å². The van der Waals surface area contributed by atoms with Crippen LogP contribution in [0, 0.1) is 0 Å². The van der Waals surface area contributed by atoms with Crippen LogP contribution in [0.1, 0.15) is 16.1 Å². The molecule has 6 nitrogen and oxygen atoms in total. The van der Waals surface area contributed by atoms with Gasteiger partial charge in [0.25, 0.3) is 5.91 Å². The Bertz CT molecular complexity index is 629. The molecule has 1 aromatic heterocycles. The van der Waals surface area contributed by atoms with Crippen LogP contribution >= 0.6 is 11.6 Å². The molecule has 7 heteroatoms. The minimum absolute atomic E-state index is 0.239. The molecule has 0 saturated heterocycles. The summed E-state index contributed by atoms with van der Waals surface area (Å²) in [5, 5.41) is 8.56. The average molecular weight is 322 g/mol. The van der Waals surface area contributed by atoms with E-state index in [4.69, 9.17) is 16.0 Å². The molecule has 0 fully saturated rings. The lowest BCUT2D eigenvalue weighted by Crippen LogP contribution is -2.40. The zero-order chi connectivity index (χ0) is 15.8. The lowest BCUT2D eigenvalue weighted by molar-refractivity contribution is 0.0926. The third-order valence-electron chi connectivity index (χ3n) is 2.84. The molecule has 1 aromatic carbocycles. The zero-order valence-electron chi connectivity index (χ0n) is 11.8. The van der Waals surface area contributed by atoms with Gasteiger partial charge < -0.3 is 20.4 Å². The van der Waals surface area contributed by atoms with Crippen molar-refractivity contribution in [2.45, 2.75) is 6.54 Å². The third kappa shape index (κ3) is 4.82. The van der Waals surface area contributed by atoms with Crippen LogP contribution in [0.2, 0.25) is 5.02 Å². The summed E-state index contributed by atoms with van der Waals surface area (Å²) in [6.07, 6.45) is 1.43. The van der Waals surface area contributed by atoms with Crippen LogP contribution < -0.4 is 16.0 Å². The summed E-state index contributed by atoms with van der Waals surface area (Å²) in [5.41, 5.74) is 0.838. The van der Waals surface area contributed by atoms with Crippen molar-refractivity contribution in [3.63, 3.8) is 0 Å². The summed E-state index contributed by atoms with van der Waals surface area (Å²) < 4.78 is 4.95. The molecular formula is C15H16ClN3O3. The highest BCUT2D eigenvalue weighted by atomic mass is 35.5. The first-order valence-corrected chi connectivity index (χ1v) is 7.11. The summed E-state index contributed by atoms with van der Waals surface area (Å²) in [5.74, 6) is -0.0774. The van der Waals surface area contributed by atoms with Crippen LogP contribution in [0.3, 0.4) is 0 Å². The molecule has 1 heterocycles. The fourth-order valence-electron chi connectivity index (χ4n) is 1.73. The van der Waals surface area contributed by atoms with E-state index in [0.29, 0.717) is 24.7 Å². The second-order valence-electron chi connectivity index (χ2n) is 4.43. The van der Waals surface area contributed by atoms with E-state index in [0.717, 1.165) is 5.56 Å². The van der Waals surface area contributed by atoms with Crippen molar-refractivity contribution in [1.82, 2.24) is 16.0 Å². The van der Waals surface area contributed by atoms with Gasteiger partial charge >= 0.3 is 6.03 Å². The minimum Gasteiger partial charge on any atom is -0.459 e. The van der Waals surface area contributed by atoms with E-state index in [1.54, 1.807) is 18.2 Å². The molecule has 0 aliphatic carbocycles. The number of carbonyl (C=O) groups is 2. The smallest absolute Gasteiger partial charge is 0.315 e. The van der Waals surface area contributed by atoms with Gasteiger partial charge in [-0.05, 0) is 23.8 Å². The largest absolute Gasteiger partial charge is 0.459 e. The molecule has 0 radical (unpaired) electrons. The highest BCUT2D eigenvalue weighted by Gasteiger charge is 2.07. The lowest BCUT2D eigenvalue weighted by atomic mass is 10.2. The van der Waals surface area contributed by atoms with Gasteiger partial charge in [-0.1, -0.05) is 29.8 Å².